The van der Waals surface area contributed by atoms with Crippen LogP contribution in [-0.2, 0) is 7.05 Å². The van der Waals surface area contributed by atoms with Gasteiger partial charge in [0, 0.05) is 19.1 Å². The smallest absolute Gasteiger partial charge is 0.203 e. The van der Waals surface area contributed by atoms with Crippen molar-refractivity contribution in [1.29, 1.82) is 0 Å². The predicted molar refractivity (Wildman–Crippen MR) is 79.4 cm³/mol. The van der Waals surface area contributed by atoms with Crippen LogP contribution in [0.2, 0.25) is 0 Å². The number of hydrogen-bond acceptors (Lipinski definition) is 3. The highest BCUT2D eigenvalue weighted by Crippen LogP contribution is 2.23. The maximum Gasteiger partial charge on any atom is 0.203 e. The minimum atomic E-state index is 0.556. The molecule has 0 bridgehead atoms. The Hall–Kier alpha value is -1.55. The highest BCUT2D eigenvalue weighted by Gasteiger charge is 2.21. The molecule has 1 aromatic carbocycles. The van der Waals surface area contributed by atoms with Crippen LogP contribution in [0.4, 0.5) is 5.95 Å². The van der Waals surface area contributed by atoms with Gasteiger partial charge in [-0.1, -0.05) is 12.1 Å². The molecule has 1 heterocycles. The molecule has 0 aliphatic heterocycles. The van der Waals surface area contributed by atoms with Crippen molar-refractivity contribution < 1.29 is 0 Å². The molecule has 1 aromatic heterocycles. The zero-order chi connectivity index (χ0) is 13.2. The van der Waals surface area contributed by atoms with Gasteiger partial charge in [-0.3, -0.25) is 0 Å². The molecule has 0 unspecified atom stereocenters. The first-order chi connectivity index (χ1) is 9.28. The van der Waals surface area contributed by atoms with E-state index < -0.39 is 0 Å². The number of imidazole rings is 1. The third kappa shape index (κ3) is 2.45. The van der Waals surface area contributed by atoms with E-state index in [1.54, 1.807) is 0 Å². The third-order valence-corrected chi connectivity index (χ3v) is 4.26. The van der Waals surface area contributed by atoms with E-state index in [1.165, 1.54) is 31.2 Å². The van der Waals surface area contributed by atoms with E-state index in [2.05, 4.69) is 52.5 Å². The summed E-state index contributed by atoms with van der Waals surface area (Å²) in [4.78, 5) is 4.68. The summed E-state index contributed by atoms with van der Waals surface area (Å²) in [5.74, 6) is 0.995. The van der Waals surface area contributed by atoms with E-state index in [0.29, 0.717) is 12.1 Å². The average molecular weight is 258 g/mol. The molecule has 19 heavy (non-hydrogen) atoms. The molecular weight excluding hydrogens is 236 g/mol. The Morgan fingerprint density at radius 3 is 2.47 bits per heavy atom. The fourth-order valence-electron chi connectivity index (χ4n) is 2.98. The number of aryl methyl sites for hydroxylation is 1. The van der Waals surface area contributed by atoms with Gasteiger partial charge in [0.25, 0.3) is 0 Å². The first-order valence-electron chi connectivity index (χ1n) is 7.13. The minimum absolute atomic E-state index is 0.556. The Balaban J connectivity index is 1.73. The third-order valence-electron chi connectivity index (χ3n) is 4.26. The Labute approximate surface area is 114 Å². The van der Waals surface area contributed by atoms with E-state index in [4.69, 9.17) is 0 Å². The number of nitrogens with zero attached hydrogens (tertiary/aromatic N) is 2. The minimum Gasteiger partial charge on any atom is -0.353 e. The second-order valence-corrected chi connectivity index (χ2v) is 5.46. The van der Waals surface area contributed by atoms with E-state index in [-0.39, 0.29) is 0 Å². The van der Waals surface area contributed by atoms with Crippen molar-refractivity contribution in [3.63, 3.8) is 0 Å². The van der Waals surface area contributed by atoms with Crippen LogP contribution in [0, 0.1) is 0 Å². The number of nitrogens with one attached hydrogen (secondary N) is 2. The second kappa shape index (κ2) is 5.21. The molecule has 4 heteroatoms. The first kappa shape index (κ1) is 12.5. The molecule has 1 fully saturated rings. The molecule has 0 atom stereocenters. The van der Waals surface area contributed by atoms with Gasteiger partial charge in [0.2, 0.25) is 5.95 Å². The molecule has 1 saturated carbocycles. The Bertz CT molecular complexity index is 552. The van der Waals surface area contributed by atoms with E-state index in [1.807, 2.05) is 6.07 Å². The predicted octanol–water partition coefficient (Wildman–Crippen LogP) is 2.52. The molecule has 0 spiro atoms. The van der Waals surface area contributed by atoms with Gasteiger partial charge in [-0.15, -0.1) is 0 Å². The molecular formula is C15H22N4. The average Bonchev–Trinajstić information content (AvgIpc) is 2.77. The number of rotatable bonds is 3. The molecule has 2 aromatic rings. The van der Waals surface area contributed by atoms with Crippen molar-refractivity contribution in [3.8, 4) is 0 Å². The largest absolute Gasteiger partial charge is 0.353 e. The summed E-state index contributed by atoms with van der Waals surface area (Å²) < 4.78 is 2.15. The Kier molecular flexibility index (Phi) is 3.42. The maximum atomic E-state index is 4.68. The van der Waals surface area contributed by atoms with Crippen molar-refractivity contribution in [1.82, 2.24) is 14.9 Å². The van der Waals surface area contributed by atoms with Crippen molar-refractivity contribution in [3.05, 3.63) is 24.3 Å². The topological polar surface area (TPSA) is 41.9 Å². The summed E-state index contributed by atoms with van der Waals surface area (Å²) in [6.07, 6.45) is 4.93. The van der Waals surface area contributed by atoms with Crippen LogP contribution >= 0.6 is 0 Å². The van der Waals surface area contributed by atoms with Gasteiger partial charge in [0.15, 0.2) is 0 Å². The quantitative estimate of drug-likeness (QED) is 0.889. The standard InChI is InChI=1S/C15H22N4/c1-16-11-7-9-12(10-8-11)17-15-18-13-5-3-4-6-14(13)19(15)2/h3-6,11-12,16H,7-10H2,1-2H3,(H,17,18). The van der Waals surface area contributed by atoms with Crippen molar-refractivity contribution >= 4 is 17.0 Å². The fraction of sp³-hybridized carbons (Fsp3) is 0.533. The molecule has 2 N–H and O–H groups in total. The van der Waals surface area contributed by atoms with Gasteiger partial charge in [0.1, 0.15) is 0 Å². The molecule has 1 aliphatic carbocycles. The van der Waals surface area contributed by atoms with Crippen LogP contribution in [0.5, 0.6) is 0 Å². The lowest BCUT2D eigenvalue weighted by atomic mass is 9.91. The van der Waals surface area contributed by atoms with Crippen LogP contribution in [-0.4, -0.2) is 28.7 Å². The summed E-state index contributed by atoms with van der Waals surface area (Å²) in [5.41, 5.74) is 2.25. The number of aromatic nitrogens is 2. The molecule has 0 saturated heterocycles. The zero-order valence-corrected chi connectivity index (χ0v) is 11.7. The number of hydrogen-bond donors (Lipinski definition) is 2. The number of para-hydroxylation sites is 2. The van der Waals surface area contributed by atoms with Crippen molar-refractivity contribution in [2.45, 2.75) is 37.8 Å². The zero-order valence-electron chi connectivity index (χ0n) is 11.7. The summed E-state index contributed by atoms with van der Waals surface area (Å²) >= 11 is 0. The summed E-state index contributed by atoms with van der Waals surface area (Å²) in [6.45, 7) is 0. The Morgan fingerprint density at radius 1 is 1.11 bits per heavy atom. The van der Waals surface area contributed by atoms with Crippen LogP contribution in [0.1, 0.15) is 25.7 Å². The molecule has 1 aliphatic rings. The molecule has 3 rings (SSSR count). The molecule has 102 valence electrons. The normalized spacial score (nSPS) is 23.7. The van der Waals surface area contributed by atoms with Crippen LogP contribution in [0.15, 0.2) is 24.3 Å². The molecule has 4 nitrogen and oxygen atoms in total. The number of benzene rings is 1. The lowest BCUT2D eigenvalue weighted by Crippen LogP contribution is -2.35. The van der Waals surface area contributed by atoms with Gasteiger partial charge in [-0.05, 0) is 44.9 Å². The fourth-order valence-corrected chi connectivity index (χ4v) is 2.98. The van der Waals surface area contributed by atoms with Crippen LogP contribution < -0.4 is 10.6 Å². The highest BCUT2D eigenvalue weighted by molar-refractivity contribution is 5.78. The van der Waals surface area contributed by atoms with E-state index in [0.717, 1.165) is 11.5 Å². The lowest BCUT2D eigenvalue weighted by molar-refractivity contribution is 0.370. The number of fused-ring (bicyclic) bond motifs is 1. The summed E-state index contributed by atoms with van der Waals surface area (Å²) in [6, 6.07) is 9.53. The second-order valence-electron chi connectivity index (χ2n) is 5.46. The highest BCUT2D eigenvalue weighted by atomic mass is 15.2. The van der Waals surface area contributed by atoms with E-state index >= 15 is 0 Å². The SMILES string of the molecule is CNC1CCC(Nc2nc3ccccc3n2C)CC1. The Morgan fingerprint density at radius 2 is 1.79 bits per heavy atom. The molecule has 0 amide bonds. The maximum absolute atomic E-state index is 4.68. The lowest BCUT2D eigenvalue weighted by Gasteiger charge is -2.29. The summed E-state index contributed by atoms with van der Waals surface area (Å²) in [5, 5.41) is 6.98. The molecule has 0 radical (unpaired) electrons. The van der Waals surface area contributed by atoms with Gasteiger partial charge in [-0.2, -0.15) is 0 Å². The number of anilines is 1. The summed E-state index contributed by atoms with van der Waals surface area (Å²) in [7, 11) is 4.14. The van der Waals surface area contributed by atoms with Crippen molar-refractivity contribution in [2.75, 3.05) is 12.4 Å². The van der Waals surface area contributed by atoms with Gasteiger partial charge in [-0.25, -0.2) is 4.98 Å². The van der Waals surface area contributed by atoms with Gasteiger partial charge >= 0.3 is 0 Å². The van der Waals surface area contributed by atoms with Crippen LogP contribution in [0.3, 0.4) is 0 Å². The monoisotopic (exact) mass is 258 g/mol. The van der Waals surface area contributed by atoms with Crippen molar-refractivity contribution in [2.24, 2.45) is 7.05 Å². The van der Waals surface area contributed by atoms with Crippen LogP contribution in [0.25, 0.3) is 11.0 Å². The first-order valence-corrected chi connectivity index (χ1v) is 7.13. The van der Waals surface area contributed by atoms with E-state index in [9.17, 15) is 0 Å². The van der Waals surface area contributed by atoms with Gasteiger partial charge < -0.3 is 15.2 Å². The van der Waals surface area contributed by atoms with Gasteiger partial charge in [0.05, 0.1) is 11.0 Å².